The monoisotopic (exact) mass is 949 g/mol. The fourth-order valence-corrected chi connectivity index (χ4v) is 7.24. The molecule has 0 aliphatic heterocycles. The van der Waals surface area contributed by atoms with Crippen molar-refractivity contribution in [1.29, 1.82) is 0 Å². The zero-order chi connectivity index (χ0) is 42.3. The Hall–Kier alpha value is -1.21. The van der Waals surface area contributed by atoms with Crippen LogP contribution in [0.2, 0.25) is 0 Å². The van der Waals surface area contributed by atoms with Gasteiger partial charge in [0.2, 0.25) is 0 Å². The molecule has 0 amide bonds. The zero-order valence-corrected chi connectivity index (χ0v) is 41.8. The molecule has 0 spiro atoms. The van der Waals surface area contributed by atoms with Gasteiger partial charge in [-0.05, 0) is 88.2 Å². The van der Waals surface area contributed by atoms with Crippen molar-refractivity contribution in [1.82, 2.24) is 0 Å². The second-order valence-corrected chi connectivity index (χ2v) is 16.4. The third kappa shape index (κ3) is 38.2. The van der Waals surface area contributed by atoms with Crippen LogP contribution in [0.5, 0.6) is 0 Å². The maximum atomic E-state index is 10.5. The van der Waals surface area contributed by atoms with E-state index in [9.17, 15) is 30.0 Å². The second-order valence-electron chi connectivity index (χ2n) is 16.4. The van der Waals surface area contributed by atoms with E-state index in [0.29, 0.717) is 26.1 Å². The first kappa shape index (κ1) is 57.8. The molecule has 0 aromatic heterocycles. The van der Waals surface area contributed by atoms with Crippen LogP contribution in [0.4, 0.5) is 0 Å². The summed E-state index contributed by atoms with van der Waals surface area (Å²) < 4.78 is 12.4. The summed E-state index contributed by atoms with van der Waals surface area (Å²) in [5, 5.41) is 41.1. The van der Waals surface area contributed by atoms with Gasteiger partial charge in [-0.25, -0.2) is 0 Å². The van der Waals surface area contributed by atoms with E-state index in [4.69, 9.17) is 9.47 Å². The van der Waals surface area contributed by atoms with Gasteiger partial charge in [-0.2, -0.15) is 0 Å². The van der Waals surface area contributed by atoms with Gasteiger partial charge in [0.05, 0.1) is 37.6 Å². The largest absolute Gasteiger partial charge is 2.00 e. The van der Waals surface area contributed by atoms with Crippen LogP contribution in [-0.4, -0.2) is 95.4 Å². The Morgan fingerprint density at radius 2 is 0.746 bits per heavy atom. The number of hydrogen-bond acceptors (Lipinski definition) is 8. The molecule has 59 heavy (non-hydrogen) atoms. The molecule has 2 aromatic rings. The Bertz CT molecular complexity index is 1110. The van der Waals surface area contributed by atoms with Crippen LogP contribution in [0.15, 0.2) is 60.7 Å². The smallest absolute Gasteiger partial charge is 0.550 e. The zero-order valence-electron chi connectivity index (χ0n) is 37.3. The van der Waals surface area contributed by atoms with E-state index < -0.39 is 11.9 Å². The van der Waals surface area contributed by atoms with E-state index in [1.54, 1.807) is 0 Å². The number of aliphatic carboxylic acids is 2. The fourth-order valence-electron chi connectivity index (χ4n) is 7.24. The van der Waals surface area contributed by atoms with Crippen molar-refractivity contribution < 1.29 is 39.5 Å². The van der Waals surface area contributed by atoms with E-state index in [-0.39, 0.29) is 86.1 Å². The maximum absolute atomic E-state index is 10.5. The predicted molar refractivity (Wildman–Crippen MR) is 238 cm³/mol. The van der Waals surface area contributed by atoms with Crippen molar-refractivity contribution in [3.8, 4) is 0 Å². The first-order valence-corrected chi connectivity index (χ1v) is 23.3. The quantitative estimate of drug-likeness (QED) is 0.0501. The van der Waals surface area contributed by atoms with Gasteiger partial charge in [-0.1, -0.05) is 177 Å². The van der Waals surface area contributed by atoms with Gasteiger partial charge in [0.15, 0.2) is 0 Å². The minimum Gasteiger partial charge on any atom is -0.550 e. The van der Waals surface area contributed by atoms with Gasteiger partial charge in [0.25, 0.3) is 0 Å². The number of aliphatic hydroxyl groups is 2. The number of hydrogen-bond donors (Lipinski definition) is 2. The molecule has 0 aliphatic rings. The van der Waals surface area contributed by atoms with E-state index in [1.807, 2.05) is 36.4 Å². The van der Waals surface area contributed by atoms with Crippen LogP contribution in [0.1, 0.15) is 205 Å². The maximum Gasteiger partial charge on any atom is 2.00 e. The Kier molecular flexibility index (Phi) is 41.2. The van der Waals surface area contributed by atoms with Crippen LogP contribution >= 0.6 is 0 Å². The summed E-state index contributed by atoms with van der Waals surface area (Å²) in [4.78, 5) is 21.0. The molecule has 2 rings (SSSR count). The summed E-state index contributed by atoms with van der Waals surface area (Å²) >= 11 is 0. The van der Waals surface area contributed by atoms with Crippen LogP contribution in [0.3, 0.4) is 0 Å². The number of carbonyl (C=O) groups is 2. The van der Waals surface area contributed by atoms with Gasteiger partial charge in [-0.15, -0.1) is 0 Å². The molecule has 0 saturated carbocycles. The third-order valence-electron chi connectivity index (χ3n) is 10.9. The van der Waals surface area contributed by atoms with E-state index in [2.05, 4.69) is 38.1 Å². The van der Waals surface area contributed by atoms with E-state index in [0.717, 1.165) is 128 Å². The molecular formula is C50H82BaO8. The summed E-state index contributed by atoms with van der Waals surface area (Å²) in [6.45, 7) is 5.64. The fraction of sp³-hybridized carbons (Fsp3) is 0.720. The molecule has 2 N–H and O–H groups in total. The first-order valence-electron chi connectivity index (χ1n) is 23.3. The van der Waals surface area contributed by atoms with E-state index in [1.165, 1.54) is 36.8 Å². The van der Waals surface area contributed by atoms with Gasteiger partial charge in [-0.3, -0.25) is 0 Å². The van der Waals surface area contributed by atoms with Crippen molar-refractivity contribution >= 4 is 60.8 Å². The molecular weight excluding hydrogens is 866 g/mol. The Labute approximate surface area is 400 Å². The number of carbonyl (C=O) groups excluding carboxylic acids is 2. The minimum absolute atomic E-state index is 0. The van der Waals surface area contributed by atoms with Gasteiger partial charge < -0.3 is 39.5 Å². The Balaban J connectivity index is 0.00000112. The average Bonchev–Trinajstić information content (AvgIpc) is 3.22. The van der Waals surface area contributed by atoms with Crippen LogP contribution in [0.25, 0.3) is 0 Å². The molecule has 4 atom stereocenters. The minimum atomic E-state index is -0.953. The van der Waals surface area contributed by atoms with Gasteiger partial charge >= 0.3 is 48.9 Å². The summed E-state index contributed by atoms with van der Waals surface area (Å²) in [7, 11) is 0. The van der Waals surface area contributed by atoms with Crippen molar-refractivity contribution in [2.75, 3.05) is 0 Å². The molecule has 0 bridgehead atoms. The van der Waals surface area contributed by atoms with Crippen molar-refractivity contribution in [3.05, 3.63) is 71.8 Å². The molecule has 0 saturated heterocycles. The number of carboxylic acids is 2. The standard InChI is InChI=1S/2C25H42O4.Ba/c2*1-2-3-7-16-23(26)17-12-13-19-24(18-10-4-5-11-20-25(27)28)29-21-22-14-8-6-9-15-22;/h2*6,8-9,14-15,23-24,26H,2-5,7,10-13,16-21H2,1H3,(H,27,28);/q;;+2/p-2. The third-order valence-corrected chi connectivity index (χ3v) is 10.9. The summed E-state index contributed by atoms with van der Waals surface area (Å²) in [5.41, 5.74) is 2.38. The molecule has 0 heterocycles. The SMILES string of the molecule is CCCCCC(O)CCCCC(CCCCCCC(=O)[O-])OCc1ccccc1.CCCCCC(O)CCCCC(CCCCCCC(=O)[O-])OCc1ccccc1.[Ba+2]. The first-order chi connectivity index (χ1) is 28.2. The molecule has 9 heteroatoms. The summed E-state index contributed by atoms with van der Waals surface area (Å²) in [6.07, 6.45) is 26.9. The molecule has 8 nitrogen and oxygen atoms in total. The second kappa shape index (κ2) is 42.1. The molecule has 0 radical (unpaired) electrons. The van der Waals surface area contributed by atoms with Crippen molar-refractivity contribution in [3.63, 3.8) is 0 Å². The normalized spacial score (nSPS) is 13.1. The summed E-state index contributed by atoms with van der Waals surface area (Å²) in [5.74, 6) is -1.91. The van der Waals surface area contributed by atoms with Crippen molar-refractivity contribution in [2.45, 2.75) is 231 Å². The van der Waals surface area contributed by atoms with Gasteiger partial charge in [0.1, 0.15) is 0 Å². The van der Waals surface area contributed by atoms with Crippen LogP contribution in [-0.2, 0) is 32.3 Å². The molecule has 0 aliphatic carbocycles. The molecule has 2 aromatic carbocycles. The number of benzene rings is 2. The number of aliphatic hydroxyl groups excluding tert-OH is 2. The number of carboxylic acid groups (broad SMARTS) is 2. The Morgan fingerprint density at radius 1 is 0.458 bits per heavy atom. The molecule has 332 valence electrons. The average molecular weight is 949 g/mol. The molecule has 0 fully saturated rings. The number of ether oxygens (including phenoxy) is 2. The number of rotatable bonds is 38. The van der Waals surface area contributed by atoms with Crippen LogP contribution < -0.4 is 10.2 Å². The summed E-state index contributed by atoms with van der Waals surface area (Å²) in [6, 6.07) is 20.5. The molecule has 4 unspecified atom stereocenters. The number of unbranched alkanes of at least 4 members (excludes halogenated alkanes) is 12. The Morgan fingerprint density at radius 3 is 1.07 bits per heavy atom. The van der Waals surface area contributed by atoms with E-state index >= 15 is 0 Å². The van der Waals surface area contributed by atoms with Crippen molar-refractivity contribution in [2.24, 2.45) is 0 Å². The topological polar surface area (TPSA) is 139 Å². The van der Waals surface area contributed by atoms with Gasteiger partial charge in [0, 0.05) is 11.9 Å². The predicted octanol–water partition coefficient (Wildman–Crippen LogP) is 9.95. The van der Waals surface area contributed by atoms with Crippen LogP contribution in [0, 0.1) is 0 Å².